The first kappa shape index (κ1) is 22.5. The van der Waals surface area contributed by atoms with Gasteiger partial charge in [-0.1, -0.05) is 18.2 Å². The lowest BCUT2D eigenvalue weighted by atomic mass is 10.1. The lowest BCUT2D eigenvalue weighted by Gasteiger charge is -2.22. The number of fused-ring (bicyclic) bond motifs is 1. The standard InChI is InChI=1S/C25H29N5O3/c1-4-33-25(32)21-17-23(30(27-21)20-8-6-5-7-9-20)24(31)26-19-10-11-22-18(16-19)12-13-29(22)15-14-28(2)3/h5-13,16,23H,4,14-15,17H2,1-3H3,(H,26,31). The van der Waals surface area contributed by atoms with Gasteiger partial charge < -0.3 is 19.5 Å². The van der Waals surface area contributed by atoms with Gasteiger partial charge in [0.25, 0.3) is 0 Å². The Kier molecular flexibility index (Phi) is 6.74. The van der Waals surface area contributed by atoms with Gasteiger partial charge in [-0.15, -0.1) is 0 Å². The van der Waals surface area contributed by atoms with Gasteiger partial charge in [0.15, 0.2) is 0 Å². The van der Waals surface area contributed by atoms with Crippen molar-refractivity contribution in [2.24, 2.45) is 5.10 Å². The average molecular weight is 448 g/mol. The third-order valence-electron chi connectivity index (χ3n) is 5.57. The van der Waals surface area contributed by atoms with Gasteiger partial charge in [0.05, 0.1) is 12.3 Å². The molecule has 1 atom stereocenters. The number of ether oxygens (including phenoxy) is 1. The molecule has 0 bridgehead atoms. The number of hydrazone groups is 1. The first-order valence-electron chi connectivity index (χ1n) is 11.1. The Morgan fingerprint density at radius 2 is 1.94 bits per heavy atom. The number of anilines is 2. The van der Waals surface area contributed by atoms with Crippen LogP contribution in [0.5, 0.6) is 0 Å². The molecule has 0 aliphatic carbocycles. The molecule has 0 fully saturated rings. The Morgan fingerprint density at radius 3 is 2.67 bits per heavy atom. The van der Waals surface area contributed by atoms with E-state index < -0.39 is 12.0 Å². The Bertz CT molecular complexity index is 1170. The second-order valence-electron chi connectivity index (χ2n) is 8.24. The van der Waals surface area contributed by atoms with Crippen LogP contribution in [0.3, 0.4) is 0 Å². The number of aromatic nitrogens is 1. The molecule has 2 heterocycles. The number of hydrogen-bond acceptors (Lipinski definition) is 6. The van der Waals surface area contributed by atoms with Crippen LogP contribution < -0.4 is 10.3 Å². The van der Waals surface area contributed by atoms with Crippen LogP contribution in [0.1, 0.15) is 13.3 Å². The van der Waals surface area contributed by atoms with Gasteiger partial charge in [-0.05, 0) is 57.4 Å². The van der Waals surface area contributed by atoms with Crippen molar-refractivity contribution < 1.29 is 14.3 Å². The Hall–Kier alpha value is -3.65. The molecule has 0 saturated heterocycles. The third-order valence-corrected chi connectivity index (χ3v) is 5.57. The van der Waals surface area contributed by atoms with Crippen molar-refractivity contribution in [2.45, 2.75) is 25.9 Å². The highest BCUT2D eigenvalue weighted by Crippen LogP contribution is 2.27. The largest absolute Gasteiger partial charge is 0.461 e. The van der Waals surface area contributed by atoms with E-state index in [-0.39, 0.29) is 24.6 Å². The molecule has 8 heteroatoms. The van der Waals surface area contributed by atoms with E-state index in [0.29, 0.717) is 5.69 Å². The van der Waals surface area contributed by atoms with Gasteiger partial charge in [0.1, 0.15) is 11.8 Å². The summed E-state index contributed by atoms with van der Waals surface area (Å²) in [7, 11) is 4.11. The molecule has 8 nitrogen and oxygen atoms in total. The minimum Gasteiger partial charge on any atom is -0.461 e. The first-order valence-corrected chi connectivity index (χ1v) is 11.1. The molecule has 1 aliphatic rings. The van der Waals surface area contributed by atoms with Crippen molar-refractivity contribution in [1.82, 2.24) is 9.47 Å². The zero-order chi connectivity index (χ0) is 23.4. The summed E-state index contributed by atoms with van der Waals surface area (Å²) in [6, 6.07) is 16.7. The number of carbonyl (C=O) groups excluding carboxylic acids is 2. The number of para-hydroxylation sites is 1. The first-order chi connectivity index (χ1) is 16.0. The second-order valence-corrected chi connectivity index (χ2v) is 8.24. The minimum absolute atomic E-state index is 0.183. The monoisotopic (exact) mass is 447 g/mol. The van der Waals surface area contributed by atoms with Gasteiger partial charge in [0, 0.05) is 42.3 Å². The van der Waals surface area contributed by atoms with E-state index in [4.69, 9.17) is 4.74 Å². The maximum Gasteiger partial charge on any atom is 0.354 e. The van der Waals surface area contributed by atoms with Crippen LogP contribution in [0.25, 0.3) is 10.9 Å². The molecule has 4 rings (SSSR count). The number of benzene rings is 2. The molecule has 2 aromatic carbocycles. The molecule has 1 N–H and O–H groups in total. The molecule has 33 heavy (non-hydrogen) atoms. The predicted octanol–water partition coefficient (Wildman–Crippen LogP) is 3.34. The number of carbonyl (C=O) groups is 2. The van der Waals surface area contributed by atoms with Crippen LogP contribution in [0, 0.1) is 0 Å². The summed E-state index contributed by atoms with van der Waals surface area (Å²) >= 11 is 0. The van der Waals surface area contributed by atoms with Gasteiger partial charge in [0.2, 0.25) is 5.91 Å². The lowest BCUT2D eigenvalue weighted by Crippen LogP contribution is -2.38. The number of nitrogens with zero attached hydrogens (tertiary/aromatic N) is 4. The SMILES string of the molecule is CCOC(=O)C1=NN(c2ccccc2)C(C(=O)Nc2ccc3c(ccn3CCN(C)C)c2)C1. The summed E-state index contributed by atoms with van der Waals surface area (Å²) in [5, 5.41) is 10.1. The maximum atomic E-state index is 13.3. The molecule has 1 aliphatic heterocycles. The van der Waals surface area contributed by atoms with Gasteiger partial charge in [-0.2, -0.15) is 5.10 Å². The van der Waals surface area contributed by atoms with Gasteiger partial charge >= 0.3 is 5.97 Å². The highest BCUT2D eigenvalue weighted by atomic mass is 16.5. The van der Waals surface area contributed by atoms with Crippen molar-refractivity contribution in [1.29, 1.82) is 0 Å². The third kappa shape index (κ3) is 5.06. The molecular weight excluding hydrogens is 418 g/mol. The summed E-state index contributed by atoms with van der Waals surface area (Å²) in [6.07, 6.45) is 2.25. The summed E-state index contributed by atoms with van der Waals surface area (Å²) in [4.78, 5) is 27.7. The van der Waals surface area contributed by atoms with Crippen LogP contribution in [0.2, 0.25) is 0 Å². The predicted molar refractivity (Wildman–Crippen MR) is 131 cm³/mol. The van der Waals surface area contributed by atoms with E-state index in [1.807, 2.05) is 48.5 Å². The van der Waals surface area contributed by atoms with Crippen molar-refractivity contribution in [2.75, 3.05) is 37.6 Å². The van der Waals surface area contributed by atoms with Crippen molar-refractivity contribution in [3.05, 3.63) is 60.8 Å². The second kappa shape index (κ2) is 9.87. The summed E-state index contributed by atoms with van der Waals surface area (Å²) in [5.74, 6) is -0.720. The highest BCUT2D eigenvalue weighted by Gasteiger charge is 2.36. The summed E-state index contributed by atoms with van der Waals surface area (Å²) < 4.78 is 7.31. The van der Waals surface area contributed by atoms with Crippen molar-refractivity contribution in [3.8, 4) is 0 Å². The van der Waals surface area contributed by atoms with Crippen LogP contribution in [-0.4, -0.2) is 60.3 Å². The molecule has 0 spiro atoms. The average Bonchev–Trinajstić information content (AvgIpc) is 3.43. The molecular formula is C25H29N5O3. The van der Waals surface area contributed by atoms with E-state index in [1.54, 1.807) is 11.9 Å². The molecule has 1 unspecified atom stereocenters. The maximum absolute atomic E-state index is 13.3. The quantitative estimate of drug-likeness (QED) is 0.536. The topological polar surface area (TPSA) is 79.2 Å². The van der Waals surface area contributed by atoms with Crippen LogP contribution in [-0.2, 0) is 20.9 Å². The molecule has 172 valence electrons. The van der Waals surface area contributed by atoms with Crippen LogP contribution in [0.15, 0.2) is 65.9 Å². The molecule has 3 aromatic rings. The summed E-state index contributed by atoms with van der Waals surface area (Å²) in [5.41, 5.74) is 2.81. The molecule has 0 saturated carbocycles. The fourth-order valence-electron chi connectivity index (χ4n) is 3.88. The number of amides is 1. The van der Waals surface area contributed by atoms with Gasteiger partial charge in [-0.25, -0.2) is 4.79 Å². The van der Waals surface area contributed by atoms with E-state index in [0.717, 1.165) is 29.7 Å². The lowest BCUT2D eigenvalue weighted by molar-refractivity contribution is -0.135. The normalized spacial score (nSPS) is 15.7. The molecule has 0 radical (unpaired) electrons. The fraction of sp³-hybridized carbons (Fsp3) is 0.320. The highest BCUT2D eigenvalue weighted by molar-refractivity contribution is 6.38. The molecule has 1 aromatic heterocycles. The van der Waals surface area contributed by atoms with Crippen molar-refractivity contribution in [3.63, 3.8) is 0 Å². The molecule has 1 amide bonds. The number of hydrogen-bond donors (Lipinski definition) is 1. The number of likely N-dealkylation sites (N-methyl/N-ethyl adjacent to an activating group) is 1. The Balaban J connectivity index is 1.52. The summed E-state index contributed by atoms with van der Waals surface area (Å²) in [6.45, 7) is 3.84. The zero-order valence-electron chi connectivity index (χ0n) is 19.2. The van der Waals surface area contributed by atoms with Gasteiger partial charge in [-0.3, -0.25) is 9.80 Å². The number of esters is 1. The number of rotatable bonds is 8. The zero-order valence-corrected chi connectivity index (χ0v) is 19.2. The van der Waals surface area contributed by atoms with Crippen LogP contribution >= 0.6 is 0 Å². The number of nitrogens with one attached hydrogen (secondary N) is 1. The minimum atomic E-state index is -0.646. The van der Waals surface area contributed by atoms with Crippen molar-refractivity contribution >= 4 is 39.9 Å². The van der Waals surface area contributed by atoms with E-state index in [9.17, 15) is 9.59 Å². The Morgan fingerprint density at radius 1 is 1.15 bits per heavy atom. The van der Waals surface area contributed by atoms with E-state index >= 15 is 0 Å². The smallest absolute Gasteiger partial charge is 0.354 e. The van der Waals surface area contributed by atoms with E-state index in [1.165, 1.54) is 0 Å². The Labute approximate surface area is 193 Å². The fourth-order valence-corrected chi connectivity index (χ4v) is 3.88. The van der Waals surface area contributed by atoms with E-state index in [2.05, 4.69) is 46.2 Å². The van der Waals surface area contributed by atoms with Crippen LogP contribution in [0.4, 0.5) is 11.4 Å².